The van der Waals surface area contributed by atoms with Gasteiger partial charge in [-0.05, 0) is 49.4 Å². The molecule has 3 rings (SSSR count). The maximum atomic E-state index is 12.6. The Hall–Kier alpha value is -1.10. The van der Waals surface area contributed by atoms with E-state index in [0.29, 0.717) is 17.8 Å². The fraction of sp³-hybridized carbons (Fsp3) is 0.650. The van der Waals surface area contributed by atoms with Gasteiger partial charge in [-0.15, -0.1) is 0 Å². The maximum absolute atomic E-state index is 12.6. The number of methoxy groups -OCH3 is 1. The predicted molar refractivity (Wildman–Crippen MR) is 101 cm³/mol. The number of piperidine rings is 1. The monoisotopic (exact) mass is 364 g/mol. The van der Waals surface area contributed by atoms with Crippen LogP contribution in [0.15, 0.2) is 24.3 Å². The Morgan fingerprint density at radius 1 is 1.28 bits per heavy atom. The lowest BCUT2D eigenvalue weighted by Gasteiger charge is -2.42. The number of hydrogen-bond donors (Lipinski definition) is 0. The molecule has 0 aliphatic carbocycles. The van der Waals surface area contributed by atoms with Crippen LogP contribution in [0.25, 0.3) is 0 Å². The second kappa shape index (κ2) is 8.07. The van der Waals surface area contributed by atoms with Crippen LogP contribution in [-0.4, -0.2) is 62.7 Å². The molecule has 0 unspecified atom stereocenters. The van der Waals surface area contributed by atoms with E-state index in [1.807, 2.05) is 24.3 Å². The summed E-state index contributed by atoms with van der Waals surface area (Å²) in [7, 11) is 3.99. The zero-order chi connectivity index (χ0) is 17.9. The van der Waals surface area contributed by atoms with Crippen molar-refractivity contribution in [3.05, 3.63) is 34.9 Å². The molecule has 5 heteroatoms. The van der Waals surface area contributed by atoms with Gasteiger partial charge in [-0.2, -0.15) is 0 Å². The number of benzene rings is 1. The normalized spacial score (nSPS) is 23.3. The van der Waals surface area contributed by atoms with Crippen molar-refractivity contribution < 1.29 is 9.53 Å². The molecule has 2 aliphatic heterocycles. The van der Waals surface area contributed by atoms with Crippen molar-refractivity contribution >= 4 is 17.5 Å². The molecule has 0 aromatic heterocycles. The number of ether oxygens (including phenoxy) is 1. The fourth-order valence-corrected chi connectivity index (χ4v) is 4.69. The van der Waals surface area contributed by atoms with Gasteiger partial charge in [-0.3, -0.25) is 4.79 Å². The number of hydrogen-bond acceptors (Lipinski definition) is 3. The van der Waals surface area contributed by atoms with E-state index in [2.05, 4.69) is 16.8 Å². The van der Waals surface area contributed by atoms with Gasteiger partial charge in [0.25, 0.3) is 0 Å². The summed E-state index contributed by atoms with van der Waals surface area (Å²) in [4.78, 5) is 17.1. The maximum Gasteiger partial charge on any atom is 0.222 e. The number of halogens is 1. The number of nitrogens with zero attached hydrogens (tertiary/aromatic N) is 2. The topological polar surface area (TPSA) is 32.8 Å². The molecule has 0 N–H and O–H groups in total. The minimum Gasteiger partial charge on any atom is -0.384 e. The summed E-state index contributed by atoms with van der Waals surface area (Å²) in [6.07, 6.45) is 3.55. The molecule has 1 amide bonds. The van der Waals surface area contributed by atoms with Crippen molar-refractivity contribution in [1.29, 1.82) is 0 Å². The second-order valence-corrected chi connectivity index (χ2v) is 8.16. The van der Waals surface area contributed by atoms with Gasteiger partial charge in [0.1, 0.15) is 0 Å². The lowest BCUT2D eigenvalue weighted by molar-refractivity contribution is -0.134. The van der Waals surface area contributed by atoms with E-state index in [-0.39, 0.29) is 5.91 Å². The van der Waals surface area contributed by atoms with E-state index in [0.717, 1.165) is 57.1 Å². The first-order valence-electron chi connectivity index (χ1n) is 9.22. The second-order valence-electron chi connectivity index (χ2n) is 7.72. The average Bonchev–Trinajstić information content (AvgIpc) is 2.90. The molecule has 0 bridgehead atoms. The van der Waals surface area contributed by atoms with Crippen LogP contribution in [0.3, 0.4) is 0 Å². The van der Waals surface area contributed by atoms with Crippen LogP contribution in [0.5, 0.6) is 0 Å². The first-order chi connectivity index (χ1) is 12.0. The third-order valence-electron chi connectivity index (χ3n) is 6.00. The van der Waals surface area contributed by atoms with E-state index < -0.39 is 0 Å². The summed E-state index contributed by atoms with van der Waals surface area (Å²) in [5.74, 6) is 0.869. The Bertz CT molecular complexity index is 582. The molecule has 0 radical (unpaired) electrons. The van der Waals surface area contributed by atoms with E-state index in [9.17, 15) is 4.79 Å². The number of rotatable bonds is 5. The van der Waals surface area contributed by atoms with Gasteiger partial charge in [-0.1, -0.05) is 23.7 Å². The van der Waals surface area contributed by atoms with Crippen LogP contribution < -0.4 is 0 Å². The van der Waals surface area contributed by atoms with Gasteiger partial charge in [-0.25, -0.2) is 0 Å². The minimum atomic E-state index is 0.277. The number of amides is 1. The summed E-state index contributed by atoms with van der Waals surface area (Å²) >= 11 is 5.91. The highest BCUT2D eigenvalue weighted by Crippen LogP contribution is 2.44. The first-order valence-corrected chi connectivity index (χ1v) is 9.60. The van der Waals surface area contributed by atoms with Crippen LogP contribution in [0.4, 0.5) is 0 Å². The molecule has 1 spiro atoms. The van der Waals surface area contributed by atoms with Crippen molar-refractivity contribution in [2.75, 3.05) is 46.9 Å². The Labute approximate surface area is 156 Å². The molecule has 138 valence electrons. The largest absolute Gasteiger partial charge is 0.384 e. The average molecular weight is 365 g/mol. The van der Waals surface area contributed by atoms with E-state index in [1.54, 1.807) is 7.11 Å². The van der Waals surface area contributed by atoms with Gasteiger partial charge < -0.3 is 14.5 Å². The van der Waals surface area contributed by atoms with Crippen LogP contribution in [0.2, 0.25) is 5.02 Å². The first kappa shape index (κ1) is 18.7. The van der Waals surface area contributed by atoms with Crippen LogP contribution in [0.1, 0.15) is 24.8 Å². The zero-order valence-electron chi connectivity index (χ0n) is 15.3. The molecule has 1 aromatic carbocycles. The lowest BCUT2D eigenvalue weighted by atomic mass is 9.71. The lowest BCUT2D eigenvalue weighted by Crippen LogP contribution is -2.47. The number of carbonyl (C=O) groups excluding carboxylic acids is 1. The van der Waals surface area contributed by atoms with Crippen molar-refractivity contribution in [3.63, 3.8) is 0 Å². The molecule has 2 saturated heterocycles. The van der Waals surface area contributed by atoms with E-state index >= 15 is 0 Å². The molecule has 0 saturated carbocycles. The van der Waals surface area contributed by atoms with Gasteiger partial charge in [0, 0.05) is 50.7 Å². The highest BCUT2D eigenvalue weighted by Gasteiger charge is 2.47. The van der Waals surface area contributed by atoms with E-state index in [4.69, 9.17) is 16.3 Å². The molecule has 2 fully saturated rings. The van der Waals surface area contributed by atoms with Crippen molar-refractivity contribution in [2.45, 2.75) is 25.7 Å². The smallest absolute Gasteiger partial charge is 0.222 e. The summed E-state index contributed by atoms with van der Waals surface area (Å²) in [6, 6.07) is 7.78. The molecule has 2 aliphatic rings. The van der Waals surface area contributed by atoms with Crippen LogP contribution >= 0.6 is 11.6 Å². The Morgan fingerprint density at radius 3 is 2.60 bits per heavy atom. The van der Waals surface area contributed by atoms with Gasteiger partial charge in [0.15, 0.2) is 0 Å². The quantitative estimate of drug-likeness (QED) is 0.804. The Kier molecular flexibility index (Phi) is 6.03. The third-order valence-corrected chi connectivity index (χ3v) is 6.26. The highest BCUT2D eigenvalue weighted by molar-refractivity contribution is 6.30. The molecule has 1 atom stereocenters. The van der Waals surface area contributed by atoms with Crippen molar-refractivity contribution in [3.8, 4) is 0 Å². The van der Waals surface area contributed by atoms with Gasteiger partial charge in [0.2, 0.25) is 5.91 Å². The fourth-order valence-electron chi connectivity index (χ4n) is 4.56. The summed E-state index contributed by atoms with van der Waals surface area (Å²) < 4.78 is 5.46. The standard InChI is InChI=1S/C20H29ClN2O2/c1-22-13-17(14-25-2)20(15-22)9-11-23(12-10-20)19(24)8-5-16-3-6-18(21)7-4-16/h3-4,6-7,17H,5,8-15H2,1-2H3/t17-/m0/s1. The summed E-state index contributed by atoms with van der Waals surface area (Å²) in [6.45, 7) is 4.84. The van der Waals surface area contributed by atoms with E-state index in [1.165, 1.54) is 5.56 Å². The number of likely N-dealkylation sites (tertiary alicyclic amines) is 2. The molecular formula is C20H29ClN2O2. The van der Waals surface area contributed by atoms with Crippen molar-refractivity contribution in [2.24, 2.45) is 11.3 Å². The molecule has 2 heterocycles. The van der Waals surface area contributed by atoms with Crippen LogP contribution in [0, 0.1) is 11.3 Å². The predicted octanol–water partition coefficient (Wildman–Crippen LogP) is 3.09. The Morgan fingerprint density at radius 2 is 1.96 bits per heavy atom. The minimum absolute atomic E-state index is 0.277. The number of aryl methyl sites for hydroxylation is 1. The molecule has 25 heavy (non-hydrogen) atoms. The summed E-state index contributed by atoms with van der Waals surface area (Å²) in [5.41, 5.74) is 1.50. The number of carbonyl (C=O) groups is 1. The Balaban J connectivity index is 1.51. The van der Waals surface area contributed by atoms with Gasteiger partial charge >= 0.3 is 0 Å². The van der Waals surface area contributed by atoms with Crippen molar-refractivity contribution in [1.82, 2.24) is 9.80 Å². The highest BCUT2D eigenvalue weighted by atomic mass is 35.5. The van der Waals surface area contributed by atoms with Gasteiger partial charge in [0.05, 0.1) is 6.61 Å². The molecule has 1 aromatic rings. The van der Waals surface area contributed by atoms with Crippen LogP contribution in [-0.2, 0) is 16.0 Å². The zero-order valence-corrected chi connectivity index (χ0v) is 16.1. The molecule has 4 nitrogen and oxygen atoms in total. The SMILES string of the molecule is COC[C@@H]1CN(C)CC12CCN(C(=O)CCc1ccc(Cl)cc1)CC2. The summed E-state index contributed by atoms with van der Waals surface area (Å²) in [5, 5.41) is 0.739. The third kappa shape index (κ3) is 4.36. The molecular weight excluding hydrogens is 336 g/mol.